The van der Waals surface area contributed by atoms with Crippen LogP contribution < -0.4 is 0 Å². The molecule has 1 unspecified atom stereocenters. The lowest BCUT2D eigenvalue weighted by Crippen LogP contribution is -2.03. The monoisotopic (exact) mass is 793 g/mol. The summed E-state index contributed by atoms with van der Waals surface area (Å²) in [5.41, 5.74) is 14.8. The van der Waals surface area contributed by atoms with Crippen LogP contribution >= 0.6 is 11.3 Å². The van der Waals surface area contributed by atoms with Crippen LogP contribution in [0.3, 0.4) is 0 Å². The van der Waals surface area contributed by atoms with E-state index in [1.807, 2.05) is 11.3 Å². The number of aromatic nitrogens is 1. The van der Waals surface area contributed by atoms with Crippen molar-refractivity contribution in [3.05, 3.63) is 247 Å². The van der Waals surface area contributed by atoms with E-state index in [1.165, 1.54) is 109 Å². The Labute approximate surface area is 359 Å². The molecule has 286 valence electrons. The molecule has 2 heterocycles. The van der Waals surface area contributed by atoms with Crippen molar-refractivity contribution in [2.45, 2.75) is 5.92 Å². The topological polar surface area (TPSA) is 4.93 Å². The van der Waals surface area contributed by atoms with Crippen LogP contribution in [0.25, 0.3) is 91.8 Å². The van der Waals surface area contributed by atoms with Crippen molar-refractivity contribution >= 4 is 64.1 Å². The first-order chi connectivity index (χ1) is 30.2. The summed E-state index contributed by atoms with van der Waals surface area (Å²) >= 11 is 1.88. The summed E-state index contributed by atoms with van der Waals surface area (Å²) < 4.78 is 5.11. The summed E-state index contributed by atoms with van der Waals surface area (Å²) in [7, 11) is 0. The van der Waals surface area contributed by atoms with E-state index in [9.17, 15) is 0 Å². The first kappa shape index (κ1) is 35.4. The Morgan fingerprint density at radius 1 is 0.311 bits per heavy atom. The maximum Gasteiger partial charge on any atom is 0.0547 e. The molecule has 10 aromatic carbocycles. The van der Waals surface area contributed by atoms with E-state index in [2.05, 4.69) is 235 Å². The lowest BCUT2D eigenvalue weighted by atomic mass is 9.83. The molecular formula is C59H39NS. The maximum absolute atomic E-state index is 2.45. The normalized spacial score (nSPS) is 12.2. The Morgan fingerprint density at radius 2 is 0.852 bits per heavy atom. The van der Waals surface area contributed by atoms with Crippen LogP contribution in [0.15, 0.2) is 231 Å². The van der Waals surface area contributed by atoms with Crippen LogP contribution in [0.4, 0.5) is 0 Å². The van der Waals surface area contributed by atoms with Gasteiger partial charge in [-0.2, -0.15) is 0 Å². The van der Waals surface area contributed by atoms with Crippen LogP contribution in [0.2, 0.25) is 0 Å². The third-order valence-corrected chi connectivity index (χ3v) is 13.7. The van der Waals surface area contributed by atoms with Gasteiger partial charge in [0.2, 0.25) is 0 Å². The number of fused-ring (bicyclic) bond motifs is 7. The van der Waals surface area contributed by atoms with E-state index in [1.54, 1.807) is 0 Å². The zero-order chi connectivity index (χ0) is 40.3. The summed E-state index contributed by atoms with van der Waals surface area (Å²) in [6.45, 7) is 0. The molecule has 0 N–H and O–H groups in total. The van der Waals surface area contributed by atoms with Crippen molar-refractivity contribution in [2.24, 2.45) is 0 Å². The average Bonchev–Trinajstić information content (AvgIpc) is 3.87. The van der Waals surface area contributed by atoms with Crippen molar-refractivity contribution in [1.82, 2.24) is 4.57 Å². The molecule has 12 rings (SSSR count). The van der Waals surface area contributed by atoms with Gasteiger partial charge in [0.25, 0.3) is 0 Å². The third-order valence-electron chi connectivity index (χ3n) is 12.6. The molecule has 0 saturated heterocycles. The average molecular weight is 794 g/mol. The first-order valence-electron chi connectivity index (χ1n) is 21.0. The maximum atomic E-state index is 2.45. The lowest BCUT2D eigenvalue weighted by Gasteiger charge is -2.20. The Morgan fingerprint density at radius 3 is 1.66 bits per heavy atom. The molecule has 0 aliphatic carbocycles. The van der Waals surface area contributed by atoms with Gasteiger partial charge >= 0.3 is 0 Å². The molecule has 0 saturated carbocycles. The predicted molar refractivity (Wildman–Crippen MR) is 261 cm³/mol. The SMILES string of the molecule is c1ccc(-c2ccc(C(c3ccc(-c4ccccc4-c4ccc5c6ccccc6n(-c6cccc7ccccc67)c5c4)cc3)c3ccc4c(c3)sc3ccccc34)cc2)cc1. The second-order valence-electron chi connectivity index (χ2n) is 16.0. The molecule has 0 amide bonds. The van der Waals surface area contributed by atoms with Gasteiger partial charge in [-0.15, -0.1) is 11.3 Å². The number of para-hydroxylation sites is 1. The number of rotatable bonds is 7. The Kier molecular flexibility index (Phi) is 8.50. The molecule has 0 fully saturated rings. The molecule has 2 aromatic heterocycles. The fraction of sp³-hybridized carbons (Fsp3) is 0.0169. The highest BCUT2D eigenvalue weighted by molar-refractivity contribution is 7.25. The number of hydrogen-bond acceptors (Lipinski definition) is 1. The minimum absolute atomic E-state index is 0.0714. The zero-order valence-electron chi connectivity index (χ0n) is 33.4. The largest absolute Gasteiger partial charge is 0.309 e. The third kappa shape index (κ3) is 6.07. The van der Waals surface area contributed by atoms with Crippen molar-refractivity contribution in [2.75, 3.05) is 0 Å². The second kappa shape index (κ2) is 14.6. The Hall–Kier alpha value is -7.52. The van der Waals surface area contributed by atoms with Gasteiger partial charge in [-0.25, -0.2) is 0 Å². The second-order valence-corrected chi connectivity index (χ2v) is 17.1. The molecule has 0 aliphatic rings. The Balaban J connectivity index is 0.965. The molecule has 1 nitrogen and oxygen atoms in total. The van der Waals surface area contributed by atoms with E-state index >= 15 is 0 Å². The van der Waals surface area contributed by atoms with Crippen molar-refractivity contribution in [3.8, 4) is 39.1 Å². The molecule has 12 aromatic rings. The van der Waals surface area contributed by atoms with Crippen molar-refractivity contribution < 1.29 is 0 Å². The highest BCUT2D eigenvalue weighted by atomic mass is 32.1. The minimum atomic E-state index is 0.0714. The van der Waals surface area contributed by atoms with Crippen LogP contribution in [0.5, 0.6) is 0 Å². The van der Waals surface area contributed by atoms with E-state index < -0.39 is 0 Å². The van der Waals surface area contributed by atoms with Gasteiger partial charge in [-0.3, -0.25) is 0 Å². The van der Waals surface area contributed by atoms with Crippen molar-refractivity contribution in [1.29, 1.82) is 0 Å². The quantitative estimate of drug-likeness (QED) is 0.142. The molecule has 0 aliphatic heterocycles. The lowest BCUT2D eigenvalue weighted by molar-refractivity contribution is 0.981. The van der Waals surface area contributed by atoms with Crippen molar-refractivity contribution in [3.63, 3.8) is 0 Å². The number of benzene rings is 10. The molecule has 2 heteroatoms. The smallest absolute Gasteiger partial charge is 0.0547 e. The minimum Gasteiger partial charge on any atom is -0.309 e. The molecule has 0 bridgehead atoms. The summed E-state index contributed by atoms with van der Waals surface area (Å²) in [6, 6.07) is 85.0. The van der Waals surface area contributed by atoms with E-state index in [0.29, 0.717) is 0 Å². The molecular weight excluding hydrogens is 755 g/mol. The number of hydrogen-bond donors (Lipinski definition) is 0. The summed E-state index contributed by atoms with van der Waals surface area (Å²) in [6.07, 6.45) is 0. The van der Waals surface area contributed by atoms with Crippen LogP contribution in [-0.4, -0.2) is 4.57 Å². The van der Waals surface area contributed by atoms with Gasteiger partial charge in [0.05, 0.1) is 16.7 Å². The molecule has 0 spiro atoms. The molecule has 1 atom stereocenters. The predicted octanol–water partition coefficient (Wildman–Crippen LogP) is 16.5. The first-order valence-corrected chi connectivity index (χ1v) is 21.8. The van der Waals surface area contributed by atoms with E-state index in [0.717, 1.165) is 0 Å². The van der Waals surface area contributed by atoms with Gasteiger partial charge in [-0.1, -0.05) is 200 Å². The van der Waals surface area contributed by atoms with E-state index in [4.69, 9.17) is 0 Å². The van der Waals surface area contributed by atoms with Crippen LogP contribution in [0, 0.1) is 0 Å². The number of thiophene rings is 1. The zero-order valence-corrected chi connectivity index (χ0v) is 34.2. The summed E-state index contributed by atoms with van der Waals surface area (Å²) in [4.78, 5) is 0. The number of nitrogens with zero attached hydrogens (tertiary/aromatic N) is 1. The van der Waals surface area contributed by atoms with Gasteiger partial charge in [0.15, 0.2) is 0 Å². The Bertz CT molecular complexity index is 3570. The molecule has 0 radical (unpaired) electrons. The van der Waals surface area contributed by atoms with Gasteiger partial charge < -0.3 is 4.57 Å². The standard InChI is InChI=1S/C59H39NS/c1-2-13-39(14-3-1)40-25-29-43(30-26-40)59(46-34-36-53-52-21-9-11-24-57(52)61-58(53)38-46)44-31-27-42(28-32-44)47-17-6-7-18-48(47)45-33-35-51-50-20-8-10-22-55(50)60(56(51)37-45)54-23-12-16-41-15-4-5-19-49(41)54/h1-38,59H. The summed E-state index contributed by atoms with van der Waals surface area (Å²) in [5.74, 6) is 0.0714. The fourth-order valence-electron chi connectivity index (χ4n) is 9.64. The van der Waals surface area contributed by atoms with Crippen LogP contribution in [0.1, 0.15) is 22.6 Å². The molecule has 61 heavy (non-hydrogen) atoms. The van der Waals surface area contributed by atoms with Gasteiger partial charge in [-0.05, 0) is 85.8 Å². The highest BCUT2D eigenvalue weighted by Gasteiger charge is 2.20. The summed E-state index contributed by atoms with van der Waals surface area (Å²) in [5, 5.41) is 7.65. The fourth-order valence-corrected chi connectivity index (χ4v) is 10.8. The van der Waals surface area contributed by atoms with Crippen LogP contribution in [-0.2, 0) is 0 Å². The van der Waals surface area contributed by atoms with Gasteiger partial charge in [0.1, 0.15) is 0 Å². The van der Waals surface area contributed by atoms with E-state index in [-0.39, 0.29) is 5.92 Å². The highest BCUT2D eigenvalue weighted by Crippen LogP contribution is 2.42. The van der Waals surface area contributed by atoms with Gasteiger partial charge in [0, 0.05) is 42.2 Å².